The van der Waals surface area contributed by atoms with Crippen LogP contribution in [0.2, 0.25) is 0 Å². The van der Waals surface area contributed by atoms with Gasteiger partial charge in [0.05, 0.1) is 19.8 Å². The van der Waals surface area contributed by atoms with Crippen LogP contribution in [-0.4, -0.2) is 69.0 Å². The van der Waals surface area contributed by atoms with Crippen molar-refractivity contribution in [1.29, 1.82) is 0 Å². The standard InChI is InChI=1S/C21H34N4O4.HI/c1-21(2,3)29-20(26)24-16-10-12-25(15-16)19(22-4)23-11-7-13-28-18-9-6-8-17(14-18)27-5;/h6,8-9,14,16H,7,10-13,15H2,1-5H3,(H,22,23)(H,24,26);1H. The molecule has 30 heavy (non-hydrogen) atoms. The average Bonchev–Trinajstić information content (AvgIpc) is 3.11. The highest BCUT2D eigenvalue weighted by atomic mass is 127. The Hall–Kier alpha value is -1.91. The van der Waals surface area contributed by atoms with Crippen molar-refractivity contribution in [3.63, 3.8) is 0 Å². The van der Waals surface area contributed by atoms with Crippen LogP contribution in [0.4, 0.5) is 4.79 Å². The Labute approximate surface area is 196 Å². The van der Waals surface area contributed by atoms with Crippen molar-refractivity contribution in [1.82, 2.24) is 15.5 Å². The van der Waals surface area contributed by atoms with Gasteiger partial charge in [0.2, 0.25) is 0 Å². The van der Waals surface area contributed by atoms with E-state index in [0.717, 1.165) is 43.4 Å². The van der Waals surface area contributed by atoms with Crippen LogP contribution in [0, 0.1) is 0 Å². The lowest BCUT2D eigenvalue weighted by atomic mass is 10.2. The van der Waals surface area contributed by atoms with Gasteiger partial charge in [-0.25, -0.2) is 4.79 Å². The molecule has 0 saturated carbocycles. The first kappa shape index (κ1) is 26.1. The van der Waals surface area contributed by atoms with Crippen molar-refractivity contribution >= 4 is 36.0 Å². The van der Waals surface area contributed by atoms with Crippen molar-refractivity contribution in [2.45, 2.75) is 45.3 Å². The van der Waals surface area contributed by atoms with Crippen LogP contribution < -0.4 is 20.1 Å². The molecule has 1 fully saturated rings. The van der Waals surface area contributed by atoms with E-state index in [1.807, 2.05) is 45.0 Å². The molecule has 8 nitrogen and oxygen atoms in total. The van der Waals surface area contributed by atoms with Gasteiger partial charge in [-0.2, -0.15) is 0 Å². The van der Waals surface area contributed by atoms with Crippen LogP contribution in [0.5, 0.6) is 11.5 Å². The lowest BCUT2D eigenvalue weighted by Crippen LogP contribution is -2.44. The number of hydrogen-bond acceptors (Lipinski definition) is 5. The zero-order chi connectivity index (χ0) is 21.3. The first-order valence-electron chi connectivity index (χ1n) is 10.0. The zero-order valence-electron chi connectivity index (χ0n) is 18.6. The van der Waals surface area contributed by atoms with Gasteiger partial charge in [-0.3, -0.25) is 4.99 Å². The van der Waals surface area contributed by atoms with Gasteiger partial charge in [-0.1, -0.05) is 6.07 Å². The smallest absolute Gasteiger partial charge is 0.407 e. The number of nitrogens with zero attached hydrogens (tertiary/aromatic N) is 2. The van der Waals surface area contributed by atoms with Crippen LogP contribution in [-0.2, 0) is 4.74 Å². The maximum atomic E-state index is 11.9. The summed E-state index contributed by atoms with van der Waals surface area (Å²) in [5.74, 6) is 2.41. The van der Waals surface area contributed by atoms with Gasteiger partial charge < -0.3 is 29.7 Å². The van der Waals surface area contributed by atoms with Gasteiger partial charge in [0.1, 0.15) is 17.1 Å². The van der Waals surface area contributed by atoms with Crippen molar-refractivity contribution in [3.05, 3.63) is 24.3 Å². The summed E-state index contributed by atoms with van der Waals surface area (Å²) in [6.45, 7) is 8.46. The quantitative estimate of drug-likeness (QED) is 0.242. The Morgan fingerprint density at radius 2 is 2.03 bits per heavy atom. The molecule has 1 aliphatic rings. The number of likely N-dealkylation sites (tertiary alicyclic amines) is 1. The number of methoxy groups -OCH3 is 1. The van der Waals surface area contributed by atoms with Gasteiger partial charge in [0.25, 0.3) is 0 Å². The SMILES string of the molecule is CN=C(NCCCOc1cccc(OC)c1)N1CCC(NC(=O)OC(C)(C)C)C1.I. The molecule has 1 aromatic carbocycles. The minimum Gasteiger partial charge on any atom is -0.497 e. The molecule has 0 spiro atoms. The predicted molar refractivity (Wildman–Crippen MR) is 129 cm³/mol. The largest absolute Gasteiger partial charge is 0.497 e. The summed E-state index contributed by atoms with van der Waals surface area (Å²) in [5.41, 5.74) is -0.493. The number of guanidine groups is 1. The fraction of sp³-hybridized carbons (Fsp3) is 0.619. The van der Waals surface area contributed by atoms with Crippen molar-refractivity contribution in [2.24, 2.45) is 4.99 Å². The molecule has 0 aliphatic carbocycles. The molecule has 170 valence electrons. The Morgan fingerprint density at radius 1 is 1.30 bits per heavy atom. The number of amides is 1. The Morgan fingerprint density at radius 3 is 2.70 bits per heavy atom. The number of carbonyl (C=O) groups excluding carboxylic acids is 1. The van der Waals surface area contributed by atoms with Crippen LogP contribution in [0.1, 0.15) is 33.6 Å². The van der Waals surface area contributed by atoms with E-state index >= 15 is 0 Å². The topological polar surface area (TPSA) is 84.4 Å². The van der Waals surface area contributed by atoms with Gasteiger partial charge in [0.15, 0.2) is 5.96 Å². The zero-order valence-corrected chi connectivity index (χ0v) is 20.9. The summed E-state index contributed by atoms with van der Waals surface area (Å²) in [4.78, 5) is 18.4. The molecule has 0 aromatic heterocycles. The minimum absolute atomic E-state index is 0. The fourth-order valence-corrected chi connectivity index (χ4v) is 3.03. The molecule has 9 heteroatoms. The molecule has 2 N–H and O–H groups in total. The lowest BCUT2D eigenvalue weighted by Gasteiger charge is -2.23. The van der Waals surface area contributed by atoms with Crippen LogP contribution in [0.25, 0.3) is 0 Å². The first-order valence-corrected chi connectivity index (χ1v) is 10.0. The molecule has 0 radical (unpaired) electrons. The highest BCUT2D eigenvalue weighted by Gasteiger charge is 2.27. The summed E-state index contributed by atoms with van der Waals surface area (Å²) in [7, 11) is 3.41. The number of ether oxygens (including phenoxy) is 3. The lowest BCUT2D eigenvalue weighted by molar-refractivity contribution is 0.0507. The van der Waals surface area contributed by atoms with E-state index in [0.29, 0.717) is 13.2 Å². The first-order chi connectivity index (χ1) is 13.8. The molecule has 1 aliphatic heterocycles. The van der Waals surface area contributed by atoms with E-state index < -0.39 is 5.60 Å². The average molecular weight is 534 g/mol. The molecular weight excluding hydrogens is 499 g/mol. The third-order valence-electron chi connectivity index (χ3n) is 4.33. The van der Waals surface area contributed by atoms with Crippen LogP contribution >= 0.6 is 24.0 Å². The Balaban J connectivity index is 0.00000450. The molecule has 1 atom stereocenters. The summed E-state index contributed by atoms with van der Waals surface area (Å²) in [5, 5.41) is 6.29. The second kappa shape index (κ2) is 12.7. The number of nitrogens with one attached hydrogen (secondary N) is 2. The fourth-order valence-electron chi connectivity index (χ4n) is 3.03. The molecule has 1 saturated heterocycles. The van der Waals surface area contributed by atoms with Gasteiger partial charge in [-0.15, -0.1) is 24.0 Å². The third-order valence-corrected chi connectivity index (χ3v) is 4.33. The van der Waals surface area contributed by atoms with Crippen molar-refractivity contribution in [3.8, 4) is 11.5 Å². The van der Waals surface area contributed by atoms with Gasteiger partial charge in [0, 0.05) is 32.7 Å². The number of rotatable bonds is 7. The van der Waals surface area contributed by atoms with E-state index in [-0.39, 0.29) is 36.1 Å². The predicted octanol–water partition coefficient (Wildman–Crippen LogP) is 3.26. The van der Waals surface area contributed by atoms with Crippen molar-refractivity contribution < 1.29 is 19.0 Å². The molecule has 1 aromatic rings. The normalized spacial score (nSPS) is 16.5. The van der Waals surface area contributed by atoms with E-state index in [1.165, 1.54) is 0 Å². The van der Waals surface area contributed by atoms with E-state index in [2.05, 4.69) is 20.5 Å². The number of alkyl carbamates (subject to hydrolysis) is 1. The van der Waals surface area contributed by atoms with Crippen LogP contribution in [0.15, 0.2) is 29.3 Å². The van der Waals surface area contributed by atoms with Gasteiger partial charge >= 0.3 is 6.09 Å². The van der Waals surface area contributed by atoms with Gasteiger partial charge in [-0.05, 0) is 45.7 Å². The number of halogens is 1. The highest BCUT2D eigenvalue weighted by Crippen LogP contribution is 2.18. The maximum Gasteiger partial charge on any atom is 0.407 e. The number of hydrogen-bond donors (Lipinski definition) is 2. The molecule has 0 bridgehead atoms. The van der Waals surface area contributed by atoms with E-state index in [1.54, 1.807) is 14.2 Å². The monoisotopic (exact) mass is 534 g/mol. The second-order valence-electron chi connectivity index (χ2n) is 7.93. The summed E-state index contributed by atoms with van der Waals surface area (Å²) >= 11 is 0. The Bertz CT molecular complexity index is 694. The minimum atomic E-state index is -0.493. The van der Waals surface area contributed by atoms with Crippen molar-refractivity contribution in [2.75, 3.05) is 40.4 Å². The van der Waals surface area contributed by atoms with E-state index in [4.69, 9.17) is 14.2 Å². The van der Waals surface area contributed by atoms with E-state index in [9.17, 15) is 4.79 Å². The summed E-state index contributed by atoms with van der Waals surface area (Å²) in [6, 6.07) is 7.63. The third kappa shape index (κ3) is 9.27. The molecule has 1 amide bonds. The molecule has 1 heterocycles. The maximum absolute atomic E-state index is 11.9. The molecular formula is C21H35IN4O4. The van der Waals surface area contributed by atoms with Crippen LogP contribution in [0.3, 0.4) is 0 Å². The molecule has 2 rings (SSSR count). The summed E-state index contributed by atoms with van der Waals surface area (Å²) in [6.07, 6.45) is 1.32. The summed E-state index contributed by atoms with van der Waals surface area (Å²) < 4.78 is 16.3. The molecule has 1 unspecified atom stereocenters. The number of aliphatic imine (C=N–C) groups is 1. The Kier molecular flexibility index (Phi) is 11.1. The number of benzene rings is 1. The number of carbonyl (C=O) groups is 1. The highest BCUT2D eigenvalue weighted by molar-refractivity contribution is 14.0. The second-order valence-corrected chi connectivity index (χ2v) is 7.93.